The molecule has 0 unspecified atom stereocenters. The highest BCUT2D eigenvalue weighted by atomic mass is 32.1. The van der Waals surface area contributed by atoms with Crippen LogP contribution in [0.5, 0.6) is 5.75 Å². The fraction of sp³-hybridized carbons (Fsp3) is 0.182. The van der Waals surface area contributed by atoms with E-state index in [1.165, 1.54) is 0 Å². The lowest BCUT2D eigenvalue weighted by Gasteiger charge is -2.11. The number of para-hydroxylation sites is 2. The summed E-state index contributed by atoms with van der Waals surface area (Å²) in [5.41, 5.74) is 0.849. The first-order chi connectivity index (χ1) is 7.27. The minimum absolute atomic E-state index is 0.555. The van der Waals surface area contributed by atoms with Crippen molar-refractivity contribution in [2.75, 3.05) is 19.0 Å². The van der Waals surface area contributed by atoms with Gasteiger partial charge in [-0.05, 0) is 24.4 Å². The molecule has 0 heterocycles. The first kappa shape index (κ1) is 11.5. The van der Waals surface area contributed by atoms with Crippen molar-refractivity contribution in [2.45, 2.75) is 0 Å². The zero-order valence-corrected chi connectivity index (χ0v) is 9.43. The van der Waals surface area contributed by atoms with Gasteiger partial charge in [-0.25, -0.2) is 0 Å². The van der Waals surface area contributed by atoms with Gasteiger partial charge in [-0.1, -0.05) is 18.2 Å². The van der Waals surface area contributed by atoms with Crippen molar-refractivity contribution >= 4 is 23.0 Å². The fourth-order valence-electron chi connectivity index (χ4n) is 1.08. The van der Waals surface area contributed by atoms with E-state index in [0.717, 1.165) is 11.4 Å². The van der Waals surface area contributed by atoms with Gasteiger partial charge in [-0.15, -0.1) is 6.58 Å². The van der Waals surface area contributed by atoms with Gasteiger partial charge in [0.15, 0.2) is 5.11 Å². The summed E-state index contributed by atoms with van der Waals surface area (Å²) < 4.78 is 5.18. The molecular formula is C11H14N2OS. The molecule has 0 saturated carbocycles. The third-order valence-corrected chi connectivity index (χ3v) is 2.01. The Kier molecular flexibility index (Phi) is 4.63. The van der Waals surface area contributed by atoms with Gasteiger partial charge in [0.05, 0.1) is 12.8 Å². The Balaban J connectivity index is 2.63. The molecule has 0 bridgehead atoms. The van der Waals surface area contributed by atoms with Gasteiger partial charge < -0.3 is 15.4 Å². The largest absolute Gasteiger partial charge is 0.495 e. The van der Waals surface area contributed by atoms with Gasteiger partial charge in [0.1, 0.15) is 5.75 Å². The van der Waals surface area contributed by atoms with Gasteiger partial charge in [0.25, 0.3) is 0 Å². The SMILES string of the molecule is C=CCNC(=S)Nc1ccccc1OC. The molecule has 0 aliphatic heterocycles. The van der Waals surface area contributed by atoms with E-state index in [9.17, 15) is 0 Å². The third kappa shape index (κ3) is 3.59. The second kappa shape index (κ2) is 6.03. The summed E-state index contributed by atoms with van der Waals surface area (Å²) in [6, 6.07) is 7.60. The molecule has 1 aromatic rings. The maximum absolute atomic E-state index is 5.18. The number of methoxy groups -OCH3 is 1. The van der Waals surface area contributed by atoms with Crippen molar-refractivity contribution in [3.05, 3.63) is 36.9 Å². The van der Waals surface area contributed by atoms with Gasteiger partial charge in [0.2, 0.25) is 0 Å². The molecule has 0 fully saturated rings. The van der Waals surface area contributed by atoms with E-state index >= 15 is 0 Å². The lowest BCUT2D eigenvalue weighted by atomic mass is 10.3. The van der Waals surface area contributed by atoms with Gasteiger partial charge in [0, 0.05) is 6.54 Å². The van der Waals surface area contributed by atoms with E-state index < -0.39 is 0 Å². The number of nitrogens with one attached hydrogen (secondary N) is 2. The first-order valence-corrected chi connectivity index (χ1v) is 4.97. The molecule has 80 valence electrons. The van der Waals surface area contributed by atoms with Crippen molar-refractivity contribution in [1.82, 2.24) is 5.32 Å². The Labute approximate surface area is 95.1 Å². The molecule has 3 nitrogen and oxygen atoms in total. The molecule has 0 aliphatic rings. The van der Waals surface area contributed by atoms with Crippen LogP contribution >= 0.6 is 12.2 Å². The number of thiocarbonyl (C=S) groups is 1. The maximum atomic E-state index is 5.18. The predicted octanol–water partition coefficient (Wildman–Crippen LogP) is 2.17. The van der Waals surface area contributed by atoms with Crippen molar-refractivity contribution < 1.29 is 4.74 Å². The average Bonchev–Trinajstić information content (AvgIpc) is 2.27. The van der Waals surface area contributed by atoms with Gasteiger partial charge >= 0.3 is 0 Å². The van der Waals surface area contributed by atoms with Crippen LogP contribution in [-0.4, -0.2) is 18.8 Å². The second-order valence-electron chi connectivity index (χ2n) is 2.82. The normalized spacial score (nSPS) is 9.13. The highest BCUT2D eigenvalue weighted by Crippen LogP contribution is 2.22. The molecule has 1 rings (SSSR count). The van der Waals surface area contributed by atoms with Crippen LogP contribution in [0.1, 0.15) is 0 Å². The predicted molar refractivity (Wildman–Crippen MR) is 67.4 cm³/mol. The quantitative estimate of drug-likeness (QED) is 0.604. The van der Waals surface area contributed by atoms with E-state index in [0.29, 0.717) is 11.7 Å². The Bertz CT molecular complexity index is 352. The van der Waals surface area contributed by atoms with Crippen LogP contribution in [0.4, 0.5) is 5.69 Å². The molecule has 0 aromatic heterocycles. The summed E-state index contributed by atoms with van der Waals surface area (Å²) in [6.45, 7) is 4.24. The molecule has 0 amide bonds. The highest BCUT2D eigenvalue weighted by Gasteiger charge is 2.02. The Hall–Kier alpha value is -1.55. The molecule has 4 heteroatoms. The summed E-state index contributed by atoms with van der Waals surface area (Å²) in [6.07, 6.45) is 1.75. The van der Waals surface area contributed by atoms with Crippen molar-refractivity contribution in [3.63, 3.8) is 0 Å². The highest BCUT2D eigenvalue weighted by molar-refractivity contribution is 7.80. The molecular weight excluding hydrogens is 208 g/mol. The number of hydrogen-bond donors (Lipinski definition) is 2. The zero-order valence-electron chi connectivity index (χ0n) is 8.62. The summed E-state index contributed by atoms with van der Waals surface area (Å²) >= 11 is 5.08. The standard InChI is InChI=1S/C11H14N2OS/c1-3-8-12-11(15)13-9-6-4-5-7-10(9)14-2/h3-7H,1,8H2,2H3,(H2,12,13,15). The van der Waals surface area contributed by atoms with Gasteiger partial charge in [-0.2, -0.15) is 0 Å². The van der Waals surface area contributed by atoms with E-state index in [2.05, 4.69) is 17.2 Å². The summed E-state index contributed by atoms with van der Waals surface area (Å²) in [5.74, 6) is 0.764. The smallest absolute Gasteiger partial charge is 0.171 e. The van der Waals surface area contributed by atoms with Gasteiger partial charge in [-0.3, -0.25) is 0 Å². The second-order valence-corrected chi connectivity index (χ2v) is 3.23. The summed E-state index contributed by atoms with van der Waals surface area (Å²) in [5, 5.41) is 6.58. The topological polar surface area (TPSA) is 33.3 Å². The Morgan fingerprint density at radius 1 is 1.53 bits per heavy atom. The van der Waals surface area contributed by atoms with Crippen LogP contribution in [0, 0.1) is 0 Å². The Morgan fingerprint density at radius 2 is 2.27 bits per heavy atom. The number of anilines is 1. The first-order valence-electron chi connectivity index (χ1n) is 4.56. The fourth-order valence-corrected chi connectivity index (χ4v) is 1.27. The molecule has 0 saturated heterocycles. The average molecular weight is 222 g/mol. The van der Waals surface area contributed by atoms with E-state index in [-0.39, 0.29) is 0 Å². The molecule has 0 aliphatic carbocycles. The Morgan fingerprint density at radius 3 is 2.93 bits per heavy atom. The zero-order chi connectivity index (χ0) is 11.1. The minimum Gasteiger partial charge on any atom is -0.495 e. The van der Waals surface area contributed by atoms with E-state index in [1.54, 1.807) is 13.2 Å². The molecule has 15 heavy (non-hydrogen) atoms. The molecule has 0 atom stereocenters. The maximum Gasteiger partial charge on any atom is 0.171 e. The summed E-state index contributed by atoms with van der Waals surface area (Å²) in [4.78, 5) is 0. The van der Waals surface area contributed by atoms with Crippen LogP contribution in [0.15, 0.2) is 36.9 Å². The van der Waals surface area contributed by atoms with Crippen molar-refractivity contribution in [3.8, 4) is 5.75 Å². The number of benzene rings is 1. The van der Waals surface area contributed by atoms with Crippen LogP contribution < -0.4 is 15.4 Å². The van der Waals surface area contributed by atoms with Crippen LogP contribution in [0.25, 0.3) is 0 Å². The van der Waals surface area contributed by atoms with E-state index in [4.69, 9.17) is 17.0 Å². The van der Waals surface area contributed by atoms with Crippen LogP contribution in [-0.2, 0) is 0 Å². The van der Waals surface area contributed by atoms with Crippen molar-refractivity contribution in [1.29, 1.82) is 0 Å². The lowest BCUT2D eigenvalue weighted by Crippen LogP contribution is -2.28. The number of hydrogen-bond acceptors (Lipinski definition) is 2. The van der Waals surface area contributed by atoms with Crippen molar-refractivity contribution in [2.24, 2.45) is 0 Å². The van der Waals surface area contributed by atoms with Crippen LogP contribution in [0.2, 0.25) is 0 Å². The monoisotopic (exact) mass is 222 g/mol. The molecule has 0 radical (unpaired) electrons. The van der Waals surface area contributed by atoms with E-state index in [1.807, 2.05) is 24.3 Å². The molecule has 2 N–H and O–H groups in total. The number of ether oxygens (including phenoxy) is 1. The molecule has 1 aromatic carbocycles. The number of rotatable bonds is 4. The third-order valence-electron chi connectivity index (χ3n) is 1.76. The summed E-state index contributed by atoms with van der Waals surface area (Å²) in [7, 11) is 1.63. The molecule has 0 spiro atoms. The van der Waals surface area contributed by atoms with Crippen LogP contribution in [0.3, 0.4) is 0 Å². The minimum atomic E-state index is 0.555. The lowest BCUT2D eigenvalue weighted by molar-refractivity contribution is 0.417.